The highest BCUT2D eigenvalue weighted by molar-refractivity contribution is 5.80. The van der Waals surface area contributed by atoms with E-state index in [0.29, 0.717) is 5.75 Å². The zero-order valence-electron chi connectivity index (χ0n) is 10.6. The van der Waals surface area contributed by atoms with Crippen molar-refractivity contribution in [2.24, 2.45) is 0 Å². The third-order valence-corrected chi connectivity index (χ3v) is 2.21. The molecule has 98 valence electrons. The number of carbonyl (C=O) groups excluding carboxylic acids is 2. The zero-order valence-corrected chi connectivity index (χ0v) is 10.6. The van der Waals surface area contributed by atoms with E-state index in [9.17, 15) is 14.7 Å². The van der Waals surface area contributed by atoms with Gasteiger partial charge in [-0.2, -0.15) is 0 Å². The number of rotatable bonds is 4. The second kappa shape index (κ2) is 5.64. The quantitative estimate of drug-likeness (QED) is 0.641. The normalized spacial score (nSPS) is 10.9. The van der Waals surface area contributed by atoms with Gasteiger partial charge in [0.15, 0.2) is 5.60 Å². The number of hydrogen-bond acceptors (Lipinski definition) is 5. The second-order valence-electron chi connectivity index (χ2n) is 4.35. The fourth-order valence-corrected chi connectivity index (χ4v) is 1.15. The number of ether oxygens (including phenoxy) is 2. The van der Waals surface area contributed by atoms with Crippen LogP contribution >= 0.6 is 0 Å². The summed E-state index contributed by atoms with van der Waals surface area (Å²) in [5.41, 5.74) is -0.782. The molecule has 18 heavy (non-hydrogen) atoms. The summed E-state index contributed by atoms with van der Waals surface area (Å²) in [5, 5.41) is 9.42. The van der Waals surface area contributed by atoms with E-state index in [1.165, 1.54) is 21.0 Å². The maximum Gasteiger partial charge on any atom is 0.342 e. The highest BCUT2D eigenvalue weighted by Crippen LogP contribution is 2.15. The van der Waals surface area contributed by atoms with Crippen LogP contribution in [0.4, 0.5) is 0 Å². The molecule has 0 heterocycles. The molecule has 1 aromatic rings. The van der Waals surface area contributed by atoms with Gasteiger partial charge < -0.3 is 14.6 Å². The number of esters is 2. The van der Waals surface area contributed by atoms with Gasteiger partial charge in [-0.15, -0.1) is 0 Å². The minimum Gasteiger partial charge on any atom is -0.469 e. The van der Waals surface area contributed by atoms with E-state index in [1.54, 1.807) is 24.3 Å². The fourth-order valence-electron chi connectivity index (χ4n) is 1.15. The van der Waals surface area contributed by atoms with E-state index in [2.05, 4.69) is 4.74 Å². The Morgan fingerprint density at radius 3 is 2.22 bits per heavy atom. The molecule has 0 aromatic heterocycles. The van der Waals surface area contributed by atoms with E-state index in [4.69, 9.17) is 4.74 Å². The summed E-state index contributed by atoms with van der Waals surface area (Å²) in [6, 6.07) is 6.43. The van der Waals surface area contributed by atoms with Crippen molar-refractivity contribution in [1.82, 2.24) is 0 Å². The predicted molar refractivity (Wildman–Crippen MR) is 64.1 cm³/mol. The molecule has 0 aliphatic rings. The Bertz CT molecular complexity index is 428. The summed E-state index contributed by atoms with van der Waals surface area (Å²) < 4.78 is 9.50. The van der Waals surface area contributed by atoms with Gasteiger partial charge in [0.05, 0.1) is 13.5 Å². The first-order chi connectivity index (χ1) is 8.32. The molecule has 0 aliphatic carbocycles. The van der Waals surface area contributed by atoms with Crippen molar-refractivity contribution in [3.05, 3.63) is 29.8 Å². The minimum atomic E-state index is -1.54. The average molecular weight is 252 g/mol. The van der Waals surface area contributed by atoms with Crippen LogP contribution in [0.2, 0.25) is 0 Å². The molecule has 5 nitrogen and oxygen atoms in total. The lowest BCUT2D eigenvalue weighted by Gasteiger charge is -2.15. The summed E-state index contributed by atoms with van der Waals surface area (Å²) in [6.07, 6.45) is 0.163. The third-order valence-electron chi connectivity index (χ3n) is 2.21. The first-order valence-electron chi connectivity index (χ1n) is 5.43. The zero-order chi connectivity index (χ0) is 13.8. The molecular formula is C13H16O5. The molecule has 0 radical (unpaired) electrons. The maximum atomic E-state index is 11.4. The Labute approximate surface area is 105 Å². The summed E-state index contributed by atoms with van der Waals surface area (Å²) in [6.45, 7) is 2.70. The molecule has 0 atom stereocenters. The molecular weight excluding hydrogens is 236 g/mol. The predicted octanol–water partition coefficient (Wildman–Crippen LogP) is 1.08. The van der Waals surface area contributed by atoms with Crippen LogP contribution in [-0.4, -0.2) is 29.8 Å². The van der Waals surface area contributed by atoms with Crippen LogP contribution in [0, 0.1) is 0 Å². The SMILES string of the molecule is COC(=O)Cc1ccc(OC(=O)C(C)(C)O)cc1. The molecule has 1 rings (SSSR count). The molecule has 0 bridgehead atoms. The van der Waals surface area contributed by atoms with Gasteiger partial charge in [-0.1, -0.05) is 12.1 Å². The Morgan fingerprint density at radius 2 is 1.78 bits per heavy atom. The summed E-state index contributed by atoms with van der Waals surface area (Å²) in [5.74, 6) is -0.754. The number of benzene rings is 1. The molecule has 0 amide bonds. The van der Waals surface area contributed by atoms with Gasteiger partial charge >= 0.3 is 11.9 Å². The molecule has 0 aliphatic heterocycles. The van der Waals surface area contributed by atoms with Gasteiger partial charge in [0.1, 0.15) is 5.75 Å². The second-order valence-corrected chi connectivity index (χ2v) is 4.35. The number of carbonyl (C=O) groups is 2. The molecule has 0 saturated carbocycles. The van der Waals surface area contributed by atoms with Crippen molar-refractivity contribution in [1.29, 1.82) is 0 Å². The van der Waals surface area contributed by atoms with Crippen LogP contribution in [0.25, 0.3) is 0 Å². The van der Waals surface area contributed by atoms with Crippen LogP contribution in [0.15, 0.2) is 24.3 Å². The minimum absolute atomic E-state index is 0.163. The Hall–Kier alpha value is -1.88. The average Bonchev–Trinajstić information content (AvgIpc) is 2.30. The standard InChI is InChI=1S/C13H16O5/c1-13(2,16)12(15)18-10-6-4-9(5-7-10)8-11(14)17-3/h4-7,16H,8H2,1-3H3. The van der Waals surface area contributed by atoms with Gasteiger partial charge in [-0.3, -0.25) is 4.79 Å². The number of methoxy groups -OCH3 is 1. The topological polar surface area (TPSA) is 72.8 Å². The monoisotopic (exact) mass is 252 g/mol. The molecule has 1 aromatic carbocycles. The third kappa shape index (κ3) is 4.18. The van der Waals surface area contributed by atoms with E-state index in [0.717, 1.165) is 5.56 Å². The Morgan fingerprint density at radius 1 is 1.22 bits per heavy atom. The molecule has 0 unspecified atom stereocenters. The lowest BCUT2D eigenvalue weighted by molar-refractivity contribution is -0.151. The van der Waals surface area contributed by atoms with Crippen LogP contribution in [0.3, 0.4) is 0 Å². The van der Waals surface area contributed by atoms with E-state index in [1.807, 2.05) is 0 Å². The largest absolute Gasteiger partial charge is 0.469 e. The summed E-state index contributed by atoms with van der Waals surface area (Å²) in [4.78, 5) is 22.4. The lowest BCUT2D eigenvalue weighted by Crippen LogP contribution is -2.35. The highest BCUT2D eigenvalue weighted by atomic mass is 16.6. The Balaban J connectivity index is 2.66. The highest BCUT2D eigenvalue weighted by Gasteiger charge is 2.26. The van der Waals surface area contributed by atoms with Crippen LogP contribution in [0.1, 0.15) is 19.4 Å². The number of hydrogen-bond donors (Lipinski definition) is 1. The summed E-state index contributed by atoms with van der Waals surface area (Å²) >= 11 is 0. The van der Waals surface area contributed by atoms with Crippen LogP contribution in [-0.2, 0) is 20.7 Å². The van der Waals surface area contributed by atoms with E-state index in [-0.39, 0.29) is 12.4 Å². The van der Waals surface area contributed by atoms with Crippen molar-refractivity contribution in [3.63, 3.8) is 0 Å². The molecule has 0 fully saturated rings. The van der Waals surface area contributed by atoms with Crippen molar-refractivity contribution in [2.75, 3.05) is 7.11 Å². The van der Waals surface area contributed by atoms with Gasteiger partial charge in [0.2, 0.25) is 0 Å². The molecule has 0 saturated heterocycles. The Kier molecular flexibility index (Phi) is 4.44. The van der Waals surface area contributed by atoms with Crippen molar-refractivity contribution in [3.8, 4) is 5.75 Å². The molecule has 1 N–H and O–H groups in total. The van der Waals surface area contributed by atoms with Gasteiger partial charge in [-0.25, -0.2) is 4.79 Å². The first kappa shape index (κ1) is 14.2. The van der Waals surface area contributed by atoms with Crippen molar-refractivity contribution < 1.29 is 24.2 Å². The van der Waals surface area contributed by atoms with E-state index >= 15 is 0 Å². The smallest absolute Gasteiger partial charge is 0.342 e. The first-order valence-corrected chi connectivity index (χ1v) is 5.43. The van der Waals surface area contributed by atoms with Gasteiger partial charge in [0, 0.05) is 0 Å². The van der Waals surface area contributed by atoms with E-state index < -0.39 is 11.6 Å². The molecule has 0 spiro atoms. The number of aliphatic hydroxyl groups is 1. The van der Waals surface area contributed by atoms with Crippen molar-refractivity contribution >= 4 is 11.9 Å². The van der Waals surface area contributed by atoms with Crippen LogP contribution < -0.4 is 4.74 Å². The summed E-state index contributed by atoms with van der Waals surface area (Å²) in [7, 11) is 1.32. The van der Waals surface area contributed by atoms with Crippen LogP contribution in [0.5, 0.6) is 5.75 Å². The maximum absolute atomic E-state index is 11.4. The van der Waals surface area contributed by atoms with Crippen molar-refractivity contribution in [2.45, 2.75) is 25.9 Å². The fraction of sp³-hybridized carbons (Fsp3) is 0.385. The molecule has 5 heteroatoms. The van der Waals surface area contributed by atoms with Gasteiger partial charge in [0.25, 0.3) is 0 Å². The van der Waals surface area contributed by atoms with Gasteiger partial charge in [-0.05, 0) is 31.5 Å². The lowest BCUT2D eigenvalue weighted by atomic mass is 10.1.